The lowest BCUT2D eigenvalue weighted by molar-refractivity contribution is -0.121. The molecule has 5 nitrogen and oxygen atoms in total. The summed E-state index contributed by atoms with van der Waals surface area (Å²) in [6, 6.07) is 15.2. The zero-order chi connectivity index (χ0) is 18.5. The Hall–Kier alpha value is -2.53. The quantitative estimate of drug-likeness (QED) is 0.671. The highest BCUT2D eigenvalue weighted by atomic mass is 35.5. The molecule has 0 saturated heterocycles. The molecule has 0 bridgehead atoms. The van der Waals surface area contributed by atoms with Gasteiger partial charge in [-0.15, -0.1) is 0 Å². The highest BCUT2D eigenvalue weighted by Crippen LogP contribution is 2.24. The number of imidazole rings is 1. The molecule has 1 unspecified atom stereocenters. The average Bonchev–Trinajstić information content (AvgIpc) is 3.02. The molecule has 136 valence electrons. The van der Waals surface area contributed by atoms with Crippen molar-refractivity contribution in [2.24, 2.45) is 0 Å². The van der Waals surface area contributed by atoms with Gasteiger partial charge in [-0.1, -0.05) is 42.8 Å². The van der Waals surface area contributed by atoms with Crippen LogP contribution in [0.15, 0.2) is 48.5 Å². The van der Waals surface area contributed by atoms with Crippen LogP contribution in [0.4, 0.5) is 0 Å². The van der Waals surface area contributed by atoms with Gasteiger partial charge in [0, 0.05) is 6.42 Å². The van der Waals surface area contributed by atoms with Crippen molar-refractivity contribution in [1.29, 1.82) is 0 Å². The van der Waals surface area contributed by atoms with Crippen LogP contribution in [0.5, 0.6) is 5.75 Å². The highest BCUT2D eigenvalue weighted by Gasteiger charge is 2.18. The number of para-hydroxylation sites is 3. The lowest BCUT2D eigenvalue weighted by Crippen LogP contribution is -2.28. The van der Waals surface area contributed by atoms with Crippen molar-refractivity contribution in [1.82, 2.24) is 14.9 Å². The van der Waals surface area contributed by atoms with Crippen LogP contribution in [-0.4, -0.2) is 22.1 Å². The summed E-state index contributed by atoms with van der Waals surface area (Å²) in [6.45, 7) is 4.83. The number of hydrogen-bond acceptors (Lipinski definition) is 3. The Morgan fingerprint density at radius 3 is 2.73 bits per heavy atom. The van der Waals surface area contributed by atoms with Crippen molar-refractivity contribution in [2.75, 3.05) is 6.61 Å². The van der Waals surface area contributed by atoms with Gasteiger partial charge in [0.1, 0.15) is 18.2 Å². The van der Waals surface area contributed by atoms with Gasteiger partial charge in [-0.05, 0) is 31.2 Å². The number of nitrogens with one attached hydrogen (secondary N) is 1. The van der Waals surface area contributed by atoms with E-state index in [1.54, 1.807) is 6.07 Å². The van der Waals surface area contributed by atoms with Gasteiger partial charge in [-0.25, -0.2) is 4.98 Å². The molecule has 6 heteroatoms. The van der Waals surface area contributed by atoms with Crippen LogP contribution >= 0.6 is 11.6 Å². The molecule has 26 heavy (non-hydrogen) atoms. The predicted molar refractivity (Wildman–Crippen MR) is 104 cm³/mol. The van der Waals surface area contributed by atoms with Crippen LogP contribution in [0.1, 0.15) is 32.1 Å². The molecule has 0 fully saturated rings. The second-order valence-corrected chi connectivity index (χ2v) is 6.44. The maximum Gasteiger partial charge on any atom is 0.220 e. The van der Waals surface area contributed by atoms with Crippen LogP contribution in [0.25, 0.3) is 11.0 Å². The van der Waals surface area contributed by atoms with E-state index < -0.39 is 0 Å². The number of ether oxygens (including phenoxy) is 1. The van der Waals surface area contributed by atoms with Gasteiger partial charge in [0.25, 0.3) is 0 Å². The fourth-order valence-corrected chi connectivity index (χ4v) is 3.07. The molecule has 0 spiro atoms. The van der Waals surface area contributed by atoms with Gasteiger partial charge in [0.05, 0.1) is 28.6 Å². The predicted octanol–water partition coefficient (Wildman–Crippen LogP) is 4.36. The first-order valence-electron chi connectivity index (χ1n) is 8.72. The van der Waals surface area contributed by atoms with Crippen molar-refractivity contribution < 1.29 is 9.53 Å². The summed E-state index contributed by atoms with van der Waals surface area (Å²) in [7, 11) is 0. The van der Waals surface area contributed by atoms with Crippen LogP contribution in [-0.2, 0) is 11.3 Å². The van der Waals surface area contributed by atoms with Gasteiger partial charge >= 0.3 is 0 Å². The van der Waals surface area contributed by atoms with Crippen LogP contribution < -0.4 is 10.1 Å². The molecule has 1 aromatic heterocycles. The fraction of sp³-hybridized carbons (Fsp3) is 0.300. The van der Waals surface area contributed by atoms with Gasteiger partial charge in [0.2, 0.25) is 5.91 Å². The normalized spacial score (nSPS) is 12.1. The SMILES string of the molecule is CCC(=O)NC(C)c1nc2ccccc2n1CCOc1ccccc1Cl. The summed E-state index contributed by atoms with van der Waals surface area (Å²) in [5.74, 6) is 1.48. The van der Waals surface area contributed by atoms with E-state index in [1.165, 1.54) is 0 Å². The maximum atomic E-state index is 11.8. The number of carbonyl (C=O) groups excluding carboxylic acids is 1. The first-order chi connectivity index (χ1) is 12.6. The molecular weight excluding hydrogens is 350 g/mol. The smallest absolute Gasteiger partial charge is 0.220 e. The first kappa shape index (κ1) is 18.3. The van der Waals surface area contributed by atoms with E-state index in [0.29, 0.717) is 30.3 Å². The fourth-order valence-electron chi connectivity index (χ4n) is 2.88. The Kier molecular flexibility index (Phi) is 5.78. The van der Waals surface area contributed by atoms with Crippen molar-refractivity contribution in [3.8, 4) is 5.75 Å². The number of amides is 1. The maximum absolute atomic E-state index is 11.8. The van der Waals surface area contributed by atoms with Crippen LogP contribution in [0.3, 0.4) is 0 Å². The highest BCUT2D eigenvalue weighted by molar-refractivity contribution is 6.32. The van der Waals surface area contributed by atoms with E-state index in [-0.39, 0.29) is 11.9 Å². The third kappa shape index (κ3) is 3.99. The van der Waals surface area contributed by atoms with Crippen LogP contribution in [0, 0.1) is 0 Å². The zero-order valence-corrected chi connectivity index (χ0v) is 15.7. The molecule has 3 rings (SSSR count). The van der Waals surface area contributed by atoms with E-state index in [4.69, 9.17) is 21.3 Å². The van der Waals surface area contributed by atoms with Gasteiger partial charge in [-0.3, -0.25) is 4.79 Å². The number of rotatable bonds is 7. The largest absolute Gasteiger partial charge is 0.490 e. The number of halogens is 1. The van der Waals surface area contributed by atoms with Crippen molar-refractivity contribution in [2.45, 2.75) is 32.9 Å². The van der Waals surface area contributed by atoms with Gasteiger partial charge in [0.15, 0.2) is 0 Å². The molecule has 3 aromatic rings. The Balaban J connectivity index is 1.82. The zero-order valence-electron chi connectivity index (χ0n) is 14.9. The molecule has 0 aliphatic heterocycles. The van der Waals surface area contributed by atoms with E-state index in [1.807, 2.05) is 56.3 Å². The van der Waals surface area contributed by atoms with Crippen LogP contribution in [0.2, 0.25) is 5.02 Å². The molecule has 1 amide bonds. The number of nitrogens with zero attached hydrogens (tertiary/aromatic N) is 2. The number of aromatic nitrogens is 2. The number of fused-ring (bicyclic) bond motifs is 1. The second-order valence-electron chi connectivity index (χ2n) is 6.03. The lowest BCUT2D eigenvalue weighted by atomic mass is 10.3. The summed E-state index contributed by atoms with van der Waals surface area (Å²) in [4.78, 5) is 16.5. The van der Waals surface area contributed by atoms with Crippen molar-refractivity contribution >= 4 is 28.5 Å². The van der Waals surface area contributed by atoms with E-state index >= 15 is 0 Å². The summed E-state index contributed by atoms with van der Waals surface area (Å²) in [6.07, 6.45) is 0.445. The summed E-state index contributed by atoms with van der Waals surface area (Å²) in [5.41, 5.74) is 1.92. The molecule has 1 atom stereocenters. The first-order valence-corrected chi connectivity index (χ1v) is 9.09. The summed E-state index contributed by atoms with van der Waals surface area (Å²) >= 11 is 6.14. The Morgan fingerprint density at radius 1 is 1.23 bits per heavy atom. The summed E-state index contributed by atoms with van der Waals surface area (Å²) < 4.78 is 7.92. The topological polar surface area (TPSA) is 56.2 Å². The van der Waals surface area contributed by atoms with E-state index in [9.17, 15) is 4.79 Å². The van der Waals surface area contributed by atoms with Gasteiger partial charge < -0.3 is 14.6 Å². The Bertz CT molecular complexity index is 907. The molecule has 1 heterocycles. The van der Waals surface area contributed by atoms with E-state index in [0.717, 1.165) is 16.9 Å². The molecule has 0 aliphatic rings. The number of carbonyl (C=O) groups is 1. The number of hydrogen-bond donors (Lipinski definition) is 1. The molecule has 0 radical (unpaired) electrons. The molecule has 1 N–H and O–H groups in total. The van der Waals surface area contributed by atoms with Gasteiger partial charge in [-0.2, -0.15) is 0 Å². The standard InChI is InChI=1S/C20H22ClN3O2/c1-3-19(25)22-14(2)20-23-16-9-5-6-10-17(16)24(20)12-13-26-18-11-7-4-8-15(18)21/h4-11,14H,3,12-13H2,1-2H3,(H,22,25). The minimum atomic E-state index is -0.185. The molecule has 0 saturated carbocycles. The van der Waals surface area contributed by atoms with E-state index in [2.05, 4.69) is 9.88 Å². The average molecular weight is 372 g/mol. The van der Waals surface area contributed by atoms with Crippen molar-refractivity contribution in [3.05, 3.63) is 59.4 Å². The lowest BCUT2D eigenvalue weighted by Gasteiger charge is -2.16. The summed E-state index contributed by atoms with van der Waals surface area (Å²) in [5, 5.41) is 3.57. The number of benzene rings is 2. The molecular formula is C20H22ClN3O2. The third-order valence-electron chi connectivity index (χ3n) is 4.18. The Labute approximate surface area is 157 Å². The van der Waals surface area contributed by atoms with Crippen molar-refractivity contribution in [3.63, 3.8) is 0 Å². The third-order valence-corrected chi connectivity index (χ3v) is 4.49. The Morgan fingerprint density at radius 2 is 1.96 bits per heavy atom. The minimum absolute atomic E-state index is 0.00317. The minimum Gasteiger partial charge on any atom is -0.490 e. The molecule has 2 aromatic carbocycles. The second kappa shape index (κ2) is 8.23. The monoisotopic (exact) mass is 371 g/mol. The molecule has 0 aliphatic carbocycles.